The summed E-state index contributed by atoms with van der Waals surface area (Å²) in [5, 5.41) is 4.85. The van der Waals surface area contributed by atoms with E-state index in [-0.39, 0.29) is 16.8 Å². The van der Waals surface area contributed by atoms with Crippen LogP contribution in [0.15, 0.2) is 23.8 Å². The minimum absolute atomic E-state index is 0.0489. The van der Waals surface area contributed by atoms with Gasteiger partial charge in [0.2, 0.25) is 0 Å². The van der Waals surface area contributed by atoms with Crippen LogP contribution in [0.4, 0.5) is 0 Å². The number of hydrogen-bond donors (Lipinski definition) is 2. The summed E-state index contributed by atoms with van der Waals surface area (Å²) in [5.74, 6) is -0.591. The Morgan fingerprint density at radius 1 is 1.20 bits per heavy atom. The van der Waals surface area contributed by atoms with Crippen molar-refractivity contribution >= 4 is 29.1 Å². The Hall–Kier alpha value is -1.53. The molecular weight excluding hydrogens is 276 g/mol. The maximum atomic E-state index is 11.6. The maximum absolute atomic E-state index is 11.6. The third-order valence-electron chi connectivity index (χ3n) is 3.62. The molecule has 6 heteroatoms. The Bertz CT molecular complexity index is 463. The van der Waals surface area contributed by atoms with Crippen LogP contribution >= 0.6 is 12.2 Å². The van der Waals surface area contributed by atoms with Gasteiger partial charge in [0, 0.05) is 13.0 Å². The van der Waals surface area contributed by atoms with Crippen LogP contribution < -0.4 is 10.6 Å². The molecule has 2 amide bonds. The fourth-order valence-electron chi connectivity index (χ4n) is 2.56. The number of nitrogens with one attached hydrogen (secondary N) is 2. The van der Waals surface area contributed by atoms with E-state index in [4.69, 9.17) is 17.0 Å². The minimum Gasteiger partial charge on any atom is -0.381 e. The van der Waals surface area contributed by atoms with Gasteiger partial charge in [-0.05, 0) is 31.1 Å². The molecule has 0 aromatic carbocycles. The van der Waals surface area contributed by atoms with Crippen molar-refractivity contribution in [3.63, 3.8) is 0 Å². The van der Waals surface area contributed by atoms with Gasteiger partial charge in [-0.3, -0.25) is 20.2 Å². The molecule has 0 bridgehead atoms. The number of methoxy groups -OCH3 is 1. The second-order valence-electron chi connectivity index (χ2n) is 4.93. The summed E-state index contributed by atoms with van der Waals surface area (Å²) in [6.45, 7) is 0. The molecule has 2 atom stereocenters. The van der Waals surface area contributed by atoms with E-state index in [1.165, 1.54) is 18.9 Å². The molecule has 0 spiro atoms. The Morgan fingerprint density at radius 3 is 2.50 bits per heavy atom. The van der Waals surface area contributed by atoms with Gasteiger partial charge in [0.15, 0.2) is 5.11 Å². The van der Waals surface area contributed by atoms with E-state index >= 15 is 0 Å². The second kappa shape index (κ2) is 6.76. The molecule has 1 saturated heterocycles. The van der Waals surface area contributed by atoms with E-state index in [2.05, 4.69) is 10.6 Å². The third kappa shape index (κ3) is 3.52. The number of amides is 2. The van der Waals surface area contributed by atoms with Gasteiger partial charge in [0.05, 0.1) is 6.10 Å². The maximum Gasteiger partial charge on any atom is 0.263 e. The molecule has 2 N–H and O–H groups in total. The molecule has 1 saturated carbocycles. The summed E-state index contributed by atoms with van der Waals surface area (Å²) in [5.41, 5.74) is 0.0691. The van der Waals surface area contributed by atoms with Gasteiger partial charge < -0.3 is 4.74 Å². The fraction of sp³-hybridized carbons (Fsp3) is 0.500. The minimum atomic E-state index is -0.463. The number of thiocarbonyl (C=S) groups is 1. The molecule has 2 fully saturated rings. The molecule has 2 unspecified atom stereocenters. The van der Waals surface area contributed by atoms with Gasteiger partial charge in [-0.2, -0.15) is 0 Å². The average molecular weight is 294 g/mol. The first-order valence-corrected chi connectivity index (χ1v) is 7.10. The molecular formula is C14H18N2O3S. The van der Waals surface area contributed by atoms with Gasteiger partial charge in [-0.15, -0.1) is 0 Å². The van der Waals surface area contributed by atoms with E-state index in [1.54, 1.807) is 13.2 Å². The van der Waals surface area contributed by atoms with E-state index < -0.39 is 11.8 Å². The highest BCUT2D eigenvalue weighted by Crippen LogP contribution is 2.27. The SMILES string of the molecule is COC1CCCCC1/C=C/C=C1C(=O)NC(=S)NC1=O. The van der Waals surface area contributed by atoms with Crippen molar-refractivity contribution in [3.8, 4) is 0 Å². The van der Waals surface area contributed by atoms with E-state index in [1.807, 2.05) is 6.08 Å². The highest BCUT2D eigenvalue weighted by atomic mass is 32.1. The second-order valence-corrected chi connectivity index (χ2v) is 5.33. The number of ether oxygens (including phenoxy) is 1. The van der Waals surface area contributed by atoms with E-state index in [0.717, 1.165) is 12.8 Å². The van der Waals surface area contributed by atoms with E-state index in [9.17, 15) is 9.59 Å². The van der Waals surface area contributed by atoms with Crippen LogP contribution in [0.5, 0.6) is 0 Å². The quantitative estimate of drug-likeness (QED) is 0.466. The topological polar surface area (TPSA) is 67.4 Å². The number of allylic oxidation sites excluding steroid dienone is 2. The monoisotopic (exact) mass is 294 g/mol. The highest BCUT2D eigenvalue weighted by Gasteiger charge is 2.25. The fourth-order valence-corrected chi connectivity index (χ4v) is 2.74. The summed E-state index contributed by atoms with van der Waals surface area (Å²) in [6, 6.07) is 0. The van der Waals surface area contributed by atoms with Crippen LogP contribution in [-0.2, 0) is 14.3 Å². The predicted octanol–water partition coefficient (Wildman–Crippen LogP) is 1.21. The summed E-state index contributed by atoms with van der Waals surface area (Å²) >= 11 is 4.73. The highest BCUT2D eigenvalue weighted by molar-refractivity contribution is 7.80. The summed E-state index contributed by atoms with van der Waals surface area (Å²) in [6.07, 6.45) is 10.00. The van der Waals surface area contributed by atoms with E-state index in [0.29, 0.717) is 5.92 Å². The first kappa shape index (κ1) is 14.9. The van der Waals surface area contributed by atoms with Crippen LogP contribution in [0.1, 0.15) is 25.7 Å². The molecule has 0 aromatic heterocycles. The molecule has 1 aliphatic heterocycles. The number of carbonyl (C=O) groups is 2. The molecule has 2 aliphatic rings. The van der Waals surface area contributed by atoms with Crippen molar-refractivity contribution < 1.29 is 14.3 Å². The molecule has 1 aliphatic carbocycles. The lowest BCUT2D eigenvalue weighted by molar-refractivity contribution is -0.123. The Morgan fingerprint density at radius 2 is 1.85 bits per heavy atom. The molecule has 108 valence electrons. The van der Waals surface area contributed by atoms with Crippen molar-refractivity contribution in [1.29, 1.82) is 0 Å². The average Bonchev–Trinajstić information content (AvgIpc) is 2.42. The summed E-state index contributed by atoms with van der Waals surface area (Å²) in [7, 11) is 1.72. The van der Waals surface area contributed by atoms with Crippen LogP contribution in [0, 0.1) is 5.92 Å². The smallest absolute Gasteiger partial charge is 0.263 e. The van der Waals surface area contributed by atoms with Gasteiger partial charge >= 0.3 is 0 Å². The summed E-state index contributed by atoms with van der Waals surface area (Å²) < 4.78 is 5.45. The van der Waals surface area contributed by atoms with Gasteiger partial charge in [-0.1, -0.05) is 25.0 Å². The summed E-state index contributed by atoms with van der Waals surface area (Å²) in [4.78, 5) is 23.3. The van der Waals surface area contributed by atoms with Crippen LogP contribution in [-0.4, -0.2) is 30.1 Å². The normalized spacial score (nSPS) is 27.4. The Kier molecular flexibility index (Phi) is 5.03. The third-order valence-corrected chi connectivity index (χ3v) is 3.83. The first-order valence-electron chi connectivity index (χ1n) is 6.69. The van der Waals surface area contributed by atoms with Crippen molar-refractivity contribution in [3.05, 3.63) is 23.8 Å². The largest absolute Gasteiger partial charge is 0.381 e. The lowest BCUT2D eigenvalue weighted by Gasteiger charge is -2.27. The Balaban J connectivity index is 2.03. The zero-order valence-corrected chi connectivity index (χ0v) is 12.2. The van der Waals surface area contributed by atoms with Crippen molar-refractivity contribution in [1.82, 2.24) is 10.6 Å². The lowest BCUT2D eigenvalue weighted by Crippen LogP contribution is -2.51. The molecule has 0 aromatic rings. The van der Waals surface area contributed by atoms with Crippen LogP contribution in [0.3, 0.4) is 0 Å². The van der Waals surface area contributed by atoms with Gasteiger partial charge in [-0.25, -0.2) is 0 Å². The standard InChI is InChI=1S/C14H18N2O3S/c1-19-11-8-3-2-5-9(11)6-4-7-10-12(17)15-14(20)16-13(10)18/h4,6-7,9,11H,2-3,5,8H2,1H3,(H2,15,16,17,18,20)/b6-4+. The zero-order valence-electron chi connectivity index (χ0n) is 11.3. The van der Waals surface area contributed by atoms with Crippen LogP contribution in [0.2, 0.25) is 0 Å². The zero-order chi connectivity index (χ0) is 14.5. The van der Waals surface area contributed by atoms with Gasteiger partial charge in [0.25, 0.3) is 11.8 Å². The Labute approximate surface area is 123 Å². The molecule has 2 rings (SSSR count). The van der Waals surface area contributed by atoms with Gasteiger partial charge in [0.1, 0.15) is 5.57 Å². The predicted molar refractivity (Wildman–Crippen MR) is 78.9 cm³/mol. The number of carbonyl (C=O) groups excluding carboxylic acids is 2. The van der Waals surface area contributed by atoms with Crippen molar-refractivity contribution in [2.45, 2.75) is 31.8 Å². The molecule has 5 nitrogen and oxygen atoms in total. The lowest BCUT2D eigenvalue weighted by atomic mass is 9.86. The molecule has 20 heavy (non-hydrogen) atoms. The first-order chi connectivity index (χ1) is 9.61. The van der Waals surface area contributed by atoms with Crippen molar-refractivity contribution in [2.75, 3.05) is 7.11 Å². The number of rotatable bonds is 3. The molecule has 0 radical (unpaired) electrons. The molecule has 1 heterocycles. The number of hydrogen-bond acceptors (Lipinski definition) is 4. The van der Waals surface area contributed by atoms with Crippen LogP contribution in [0.25, 0.3) is 0 Å². The van der Waals surface area contributed by atoms with Crippen molar-refractivity contribution in [2.24, 2.45) is 5.92 Å².